The second kappa shape index (κ2) is 8.23. The van der Waals surface area contributed by atoms with Crippen molar-refractivity contribution in [1.82, 2.24) is 34.5 Å². The van der Waals surface area contributed by atoms with E-state index in [4.69, 9.17) is 4.74 Å². The molecule has 1 N–H and O–H groups in total. The zero-order valence-electron chi connectivity index (χ0n) is 19.9. The van der Waals surface area contributed by atoms with Gasteiger partial charge in [-0.2, -0.15) is 4.98 Å². The lowest BCUT2D eigenvalue weighted by Gasteiger charge is -2.36. The molecule has 0 spiro atoms. The fourth-order valence-electron chi connectivity index (χ4n) is 5.11. The van der Waals surface area contributed by atoms with E-state index in [-0.39, 0.29) is 42.2 Å². The summed E-state index contributed by atoms with van der Waals surface area (Å²) in [6.07, 6.45) is 0.603. The molecule has 2 fully saturated rings. The normalized spacial score (nSPS) is 21.9. The topological polar surface area (TPSA) is 85.4 Å². The zero-order chi connectivity index (χ0) is 26.1. The fourth-order valence-corrected chi connectivity index (χ4v) is 5.11. The number of hydrogen-bond acceptors (Lipinski definition) is 7. The van der Waals surface area contributed by atoms with E-state index in [1.807, 2.05) is 0 Å². The van der Waals surface area contributed by atoms with Gasteiger partial charge in [0.1, 0.15) is 11.0 Å². The Morgan fingerprint density at radius 1 is 1.16 bits per heavy atom. The molecule has 4 aromatic rings. The van der Waals surface area contributed by atoms with Crippen LogP contribution in [0.25, 0.3) is 27.7 Å². The number of aromatic nitrogens is 6. The molecule has 1 aliphatic carbocycles. The number of hydrogen-bond donors (Lipinski definition) is 1. The smallest absolute Gasteiger partial charge is 0.280 e. The van der Waals surface area contributed by atoms with Gasteiger partial charge in [0.15, 0.2) is 5.82 Å². The third-order valence-corrected chi connectivity index (χ3v) is 7.01. The van der Waals surface area contributed by atoms with Crippen molar-refractivity contribution in [2.24, 2.45) is 0 Å². The molecule has 0 bridgehead atoms. The van der Waals surface area contributed by atoms with Gasteiger partial charge in [0.05, 0.1) is 43.0 Å². The Labute approximate surface area is 207 Å². The Hall–Kier alpha value is -3.55. The molecular weight excluding hydrogens is 499 g/mol. The van der Waals surface area contributed by atoms with E-state index in [9.17, 15) is 17.6 Å². The van der Waals surface area contributed by atoms with E-state index in [1.54, 1.807) is 30.1 Å². The number of nitrogens with one attached hydrogen (secondary N) is 1. The molecular formula is C23H23F5N8O. The molecule has 1 aliphatic heterocycles. The first-order valence-corrected chi connectivity index (χ1v) is 11.7. The molecule has 2 aliphatic rings. The first-order chi connectivity index (χ1) is 17.5. The molecule has 9 nitrogen and oxygen atoms in total. The molecule has 0 radical (unpaired) electrons. The lowest BCUT2D eigenvalue weighted by molar-refractivity contribution is -0.106. The van der Waals surface area contributed by atoms with Crippen LogP contribution in [-0.4, -0.2) is 79.6 Å². The van der Waals surface area contributed by atoms with Crippen LogP contribution in [0.1, 0.15) is 25.3 Å². The largest absolute Gasteiger partial charge is 0.479 e. The molecule has 3 aromatic heterocycles. The zero-order valence-corrected chi connectivity index (χ0v) is 19.9. The van der Waals surface area contributed by atoms with Crippen LogP contribution in [-0.2, 0) is 0 Å². The maximum atomic E-state index is 15.3. The van der Waals surface area contributed by atoms with Crippen LogP contribution in [0, 0.1) is 5.82 Å². The number of rotatable bonds is 5. The van der Waals surface area contributed by atoms with Crippen molar-refractivity contribution >= 4 is 22.5 Å². The van der Waals surface area contributed by atoms with Crippen LogP contribution in [0.15, 0.2) is 24.4 Å². The number of nitrogens with zero attached hydrogens (tertiary/aromatic N) is 7. The predicted octanol–water partition coefficient (Wildman–Crippen LogP) is 4.01. The molecule has 1 saturated heterocycles. The van der Waals surface area contributed by atoms with Crippen molar-refractivity contribution in [1.29, 1.82) is 0 Å². The Kier molecular flexibility index (Phi) is 5.30. The molecule has 4 heterocycles. The molecule has 1 aromatic carbocycles. The lowest BCUT2D eigenvalue weighted by atomic mass is 9.88. The number of piperidine rings is 1. The minimum absolute atomic E-state index is 0.0157. The van der Waals surface area contributed by atoms with Gasteiger partial charge in [0.25, 0.3) is 11.8 Å². The summed E-state index contributed by atoms with van der Waals surface area (Å²) in [6.45, 7) is 0.0696. The van der Waals surface area contributed by atoms with Crippen molar-refractivity contribution in [3.63, 3.8) is 0 Å². The summed E-state index contributed by atoms with van der Waals surface area (Å²) in [5.74, 6) is -6.54. The van der Waals surface area contributed by atoms with Gasteiger partial charge in [-0.1, -0.05) is 11.3 Å². The van der Waals surface area contributed by atoms with Crippen molar-refractivity contribution in [3.05, 3.63) is 30.2 Å². The van der Waals surface area contributed by atoms with E-state index in [0.29, 0.717) is 23.1 Å². The first-order valence-electron chi connectivity index (χ1n) is 11.7. The van der Waals surface area contributed by atoms with Crippen LogP contribution < -0.4 is 10.1 Å². The average Bonchev–Trinajstić information content (AvgIpc) is 3.37. The highest BCUT2D eigenvalue weighted by molar-refractivity contribution is 5.89. The molecule has 1 saturated carbocycles. The van der Waals surface area contributed by atoms with Crippen molar-refractivity contribution < 1.29 is 26.7 Å². The Bertz CT molecular complexity index is 1490. The van der Waals surface area contributed by atoms with Crippen LogP contribution in [0.3, 0.4) is 0 Å². The van der Waals surface area contributed by atoms with Crippen LogP contribution in [0.5, 0.6) is 5.88 Å². The van der Waals surface area contributed by atoms with Crippen molar-refractivity contribution in [3.8, 4) is 17.0 Å². The minimum Gasteiger partial charge on any atom is -0.479 e. The fraction of sp³-hybridized carbons (Fsp3) is 0.478. The molecule has 0 amide bonds. The summed E-state index contributed by atoms with van der Waals surface area (Å²) in [6, 6.07) is 3.17. The van der Waals surface area contributed by atoms with Crippen LogP contribution in [0.4, 0.5) is 27.9 Å². The quantitative estimate of drug-likeness (QED) is 0.397. The molecule has 37 heavy (non-hydrogen) atoms. The van der Waals surface area contributed by atoms with Gasteiger partial charge in [0, 0.05) is 19.4 Å². The summed E-state index contributed by atoms with van der Waals surface area (Å²) < 4.78 is 79.3. The number of methoxy groups -OCH3 is 1. The Morgan fingerprint density at radius 3 is 2.65 bits per heavy atom. The number of fused-ring (bicyclic) bond motifs is 2. The Balaban J connectivity index is 1.39. The third kappa shape index (κ3) is 4.03. The number of halogens is 5. The second-order valence-corrected chi connectivity index (χ2v) is 9.73. The van der Waals surface area contributed by atoms with Gasteiger partial charge in [-0.25, -0.2) is 31.1 Å². The molecule has 6 rings (SSSR count). The molecule has 1 unspecified atom stereocenters. The highest BCUT2D eigenvalue weighted by Crippen LogP contribution is 2.46. The van der Waals surface area contributed by atoms with Crippen LogP contribution >= 0.6 is 0 Å². The van der Waals surface area contributed by atoms with Gasteiger partial charge in [-0.15, -0.1) is 10.2 Å². The standard InChI is InChI=1S/C23H23F5N8O/c1-34-6-5-17(23(27,28)11-34)29-21-30-20(37-2)19-18(14(24)10-35(19)32-21)12-3-4-15-16(7-12)36(33-31-15)13-8-22(25,26)9-13/h3-4,7,10,13,17H,5-6,8-9,11H2,1-2H3,(H,29,32). The number of benzene rings is 1. The second-order valence-electron chi connectivity index (χ2n) is 9.73. The van der Waals surface area contributed by atoms with Crippen molar-refractivity contribution in [2.45, 2.75) is 43.2 Å². The van der Waals surface area contributed by atoms with E-state index in [2.05, 4.69) is 25.7 Å². The predicted molar refractivity (Wildman–Crippen MR) is 124 cm³/mol. The molecule has 14 heteroatoms. The maximum absolute atomic E-state index is 15.3. The lowest BCUT2D eigenvalue weighted by Crippen LogP contribution is -2.53. The van der Waals surface area contributed by atoms with Gasteiger partial charge >= 0.3 is 0 Å². The Morgan fingerprint density at radius 2 is 1.95 bits per heavy atom. The number of ether oxygens (including phenoxy) is 1. The third-order valence-electron chi connectivity index (χ3n) is 7.01. The van der Waals surface area contributed by atoms with E-state index in [0.717, 1.165) is 6.20 Å². The first kappa shape index (κ1) is 23.8. The van der Waals surface area contributed by atoms with Gasteiger partial charge in [-0.05, 0) is 31.2 Å². The summed E-state index contributed by atoms with van der Waals surface area (Å²) in [4.78, 5) is 5.79. The van der Waals surface area contributed by atoms with Crippen LogP contribution in [0.2, 0.25) is 0 Å². The van der Waals surface area contributed by atoms with Gasteiger partial charge in [-0.3, -0.25) is 0 Å². The van der Waals surface area contributed by atoms with E-state index < -0.39 is 36.3 Å². The number of likely N-dealkylation sites (tertiary alicyclic amines) is 1. The number of alkyl halides is 4. The monoisotopic (exact) mass is 522 g/mol. The van der Waals surface area contributed by atoms with E-state index >= 15 is 4.39 Å². The summed E-state index contributed by atoms with van der Waals surface area (Å²) in [5, 5.41) is 15.0. The van der Waals surface area contributed by atoms with Gasteiger partial charge in [0.2, 0.25) is 11.8 Å². The molecule has 1 atom stereocenters. The summed E-state index contributed by atoms with van der Waals surface area (Å²) in [7, 11) is 2.96. The van der Waals surface area contributed by atoms with Crippen molar-refractivity contribution in [2.75, 3.05) is 32.6 Å². The highest BCUT2D eigenvalue weighted by atomic mass is 19.3. The van der Waals surface area contributed by atoms with E-state index in [1.165, 1.54) is 16.3 Å². The maximum Gasteiger partial charge on any atom is 0.280 e. The summed E-state index contributed by atoms with van der Waals surface area (Å²) in [5.41, 5.74) is 1.68. The average molecular weight is 522 g/mol. The SMILES string of the molecule is COc1nc(NC2CCN(C)CC2(F)F)nn2cc(F)c(-c3ccc4nnn(C5CC(F)(F)C5)c4c3)c12. The van der Waals surface area contributed by atoms with Gasteiger partial charge < -0.3 is 15.0 Å². The summed E-state index contributed by atoms with van der Waals surface area (Å²) >= 11 is 0. The molecule has 196 valence electrons. The highest BCUT2D eigenvalue weighted by Gasteiger charge is 2.47. The minimum atomic E-state index is -3.01. The number of anilines is 1.